The fourth-order valence-electron chi connectivity index (χ4n) is 7.25. The molecule has 1 saturated heterocycles. The summed E-state index contributed by atoms with van der Waals surface area (Å²) in [6.07, 6.45) is 5.07. The Balaban J connectivity index is 1.73. The Hall–Kier alpha value is -1.75. The number of nitrogens with zero attached hydrogens (tertiary/aromatic N) is 1. The average Bonchev–Trinajstić information content (AvgIpc) is 3.08. The van der Waals surface area contributed by atoms with Crippen molar-refractivity contribution in [3.05, 3.63) is 23.8 Å². The molecule has 3 aliphatic carbocycles. The Bertz CT molecular complexity index is 795. The van der Waals surface area contributed by atoms with E-state index in [1.807, 2.05) is 6.07 Å². The van der Waals surface area contributed by atoms with Crippen LogP contribution in [0.5, 0.6) is 11.5 Å². The van der Waals surface area contributed by atoms with Crippen molar-refractivity contribution in [3.63, 3.8) is 0 Å². The van der Waals surface area contributed by atoms with Gasteiger partial charge in [0.2, 0.25) is 5.91 Å². The summed E-state index contributed by atoms with van der Waals surface area (Å²) in [4.78, 5) is 16.2. The van der Waals surface area contributed by atoms with Crippen LogP contribution < -0.4 is 9.47 Å². The van der Waals surface area contributed by atoms with Crippen LogP contribution in [0, 0.1) is 17.3 Å². The first-order chi connectivity index (χ1) is 13.6. The van der Waals surface area contributed by atoms with E-state index in [0.717, 1.165) is 56.7 Å². The van der Waals surface area contributed by atoms with Crippen LogP contribution in [0.3, 0.4) is 0 Å². The number of para-hydroxylation sites is 1. The van der Waals surface area contributed by atoms with Crippen molar-refractivity contribution in [1.82, 2.24) is 4.90 Å². The summed E-state index contributed by atoms with van der Waals surface area (Å²) in [7, 11) is 3.47. The molecule has 5 heteroatoms. The molecule has 1 aromatic rings. The molecule has 152 valence electrons. The number of methoxy groups -OCH3 is 2. The largest absolute Gasteiger partial charge is 0.493 e. The molecule has 1 aromatic carbocycles. The zero-order chi connectivity index (χ0) is 19.5. The van der Waals surface area contributed by atoms with Crippen LogP contribution in [0.1, 0.15) is 44.6 Å². The molecule has 1 amide bonds. The first-order valence-electron chi connectivity index (χ1n) is 10.8. The monoisotopic (exact) mass is 385 g/mol. The van der Waals surface area contributed by atoms with E-state index in [4.69, 9.17) is 14.2 Å². The topological polar surface area (TPSA) is 48.0 Å². The van der Waals surface area contributed by atoms with Crippen molar-refractivity contribution in [2.75, 3.05) is 33.9 Å². The fraction of sp³-hybridized carbons (Fsp3) is 0.696. The lowest BCUT2D eigenvalue weighted by atomic mass is 9.39. The van der Waals surface area contributed by atoms with Gasteiger partial charge >= 0.3 is 0 Å². The molecule has 0 N–H and O–H groups in total. The van der Waals surface area contributed by atoms with Gasteiger partial charge in [0.25, 0.3) is 0 Å². The van der Waals surface area contributed by atoms with Crippen LogP contribution in [0.15, 0.2) is 18.2 Å². The fourth-order valence-corrected chi connectivity index (χ4v) is 7.25. The molecule has 3 saturated carbocycles. The number of benzene rings is 1. The van der Waals surface area contributed by atoms with Gasteiger partial charge in [-0.25, -0.2) is 0 Å². The summed E-state index contributed by atoms with van der Waals surface area (Å²) >= 11 is 0. The predicted octanol–water partition coefficient (Wildman–Crippen LogP) is 3.40. The summed E-state index contributed by atoms with van der Waals surface area (Å²) in [6, 6.07) is 6.22. The Morgan fingerprint density at radius 3 is 2.86 bits per heavy atom. The van der Waals surface area contributed by atoms with Gasteiger partial charge in [-0.05, 0) is 50.0 Å². The van der Waals surface area contributed by atoms with Gasteiger partial charge in [0.05, 0.1) is 24.5 Å². The third-order valence-electron chi connectivity index (χ3n) is 8.13. The highest BCUT2D eigenvalue weighted by Crippen LogP contribution is 2.72. The lowest BCUT2D eigenvalue weighted by molar-refractivity contribution is -0.201. The molecule has 28 heavy (non-hydrogen) atoms. The van der Waals surface area contributed by atoms with Crippen LogP contribution in [0.2, 0.25) is 0 Å². The Morgan fingerprint density at radius 2 is 2.11 bits per heavy atom. The molecule has 2 heterocycles. The van der Waals surface area contributed by atoms with E-state index in [2.05, 4.69) is 24.0 Å². The number of ether oxygens (including phenoxy) is 3. The number of likely N-dealkylation sites (tertiary alicyclic amines) is 1. The molecule has 4 fully saturated rings. The van der Waals surface area contributed by atoms with E-state index >= 15 is 0 Å². The summed E-state index contributed by atoms with van der Waals surface area (Å²) in [5.41, 5.74) is 0.530. The summed E-state index contributed by atoms with van der Waals surface area (Å²) in [6.45, 7) is 4.46. The second-order valence-corrected chi connectivity index (χ2v) is 9.05. The summed E-state index contributed by atoms with van der Waals surface area (Å²) in [5.74, 6) is 2.73. The standard InChI is InChI=1S/C23H31NO4/c1-4-11-24-12-10-23-17-6-5-7-18(27-3)19(17)28-20(23)15-8-9-22(23,21(24)25)16(13-15)14-26-2/h5-7,15-16,20H,4,8-14H2,1-3H3. The molecule has 0 aromatic heterocycles. The minimum absolute atomic E-state index is 0.0772. The summed E-state index contributed by atoms with van der Waals surface area (Å²) in [5, 5.41) is 0. The Labute approximate surface area is 167 Å². The van der Waals surface area contributed by atoms with Crippen molar-refractivity contribution < 1.29 is 19.0 Å². The van der Waals surface area contributed by atoms with E-state index < -0.39 is 5.41 Å². The van der Waals surface area contributed by atoms with Gasteiger partial charge in [-0.15, -0.1) is 0 Å². The molecule has 5 atom stereocenters. The number of piperidine rings is 1. The highest BCUT2D eigenvalue weighted by molar-refractivity contribution is 5.88. The quantitative estimate of drug-likeness (QED) is 0.779. The van der Waals surface area contributed by atoms with Crippen molar-refractivity contribution in [2.45, 2.75) is 50.5 Å². The van der Waals surface area contributed by atoms with Gasteiger partial charge in [0, 0.05) is 25.8 Å². The van der Waals surface area contributed by atoms with Crippen LogP contribution in [0.4, 0.5) is 0 Å². The highest BCUT2D eigenvalue weighted by atomic mass is 16.5. The zero-order valence-electron chi connectivity index (χ0n) is 17.2. The molecule has 5 unspecified atom stereocenters. The molecule has 5 nitrogen and oxygen atoms in total. The maximum atomic E-state index is 14.1. The molecule has 2 spiro atoms. The second-order valence-electron chi connectivity index (χ2n) is 9.05. The smallest absolute Gasteiger partial charge is 0.230 e. The molecular weight excluding hydrogens is 354 g/mol. The molecule has 2 aliphatic heterocycles. The number of amides is 1. The van der Waals surface area contributed by atoms with Crippen LogP contribution >= 0.6 is 0 Å². The first kappa shape index (κ1) is 18.3. The van der Waals surface area contributed by atoms with E-state index in [-0.39, 0.29) is 17.4 Å². The van der Waals surface area contributed by atoms with Gasteiger partial charge < -0.3 is 19.1 Å². The minimum atomic E-state index is -0.423. The number of carbonyl (C=O) groups is 1. The van der Waals surface area contributed by atoms with Gasteiger partial charge in [-0.3, -0.25) is 4.79 Å². The SMILES string of the molecule is CCCN1CCC23c4cccc(OC)c4OC2C2CCC3(C1=O)C(COC)C2. The van der Waals surface area contributed by atoms with Crippen molar-refractivity contribution in [3.8, 4) is 11.5 Å². The third kappa shape index (κ3) is 1.99. The van der Waals surface area contributed by atoms with Crippen molar-refractivity contribution in [2.24, 2.45) is 17.3 Å². The lowest BCUT2D eigenvalue weighted by Crippen LogP contribution is -2.74. The van der Waals surface area contributed by atoms with Crippen LogP contribution in [0.25, 0.3) is 0 Å². The average molecular weight is 386 g/mol. The van der Waals surface area contributed by atoms with Crippen LogP contribution in [-0.4, -0.2) is 50.8 Å². The van der Waals surface area contributed by atoms with E-state index in [1.165, 1.54) is 5.56 Å². The first-order valence-corrected chi connectivity index (χ1v) is 10.8. The van der Waals surface area contributed by atoms with Crippen molar-refractivity contribution >= 4 is 5.91 Å². The molecule has 2 bridgehead atoms. The van der Waals surface area contributed by atoms with E-state index in [1.54, 1.807) is 14.2 Å². The summed E-state index contributed by atoms with van der Waals surface area (Å²) < 4.78 is 18.0. The number of carbonyl (C=O) groups excluding carboxylic acids is 1. The zero-order valence-corrected chi connectivity index (χ0v) is 17.2. The molecular formula is C23H31NO4. The van der Waals surface area contributed by atoms with E-state index in [9.17, 15) is 4.79 Å². The number of fused-ring (bicyclic) bond motifs is 3. The third-order valence-corrected chi connectivity index (χ3v) is 8.13. The highest BCUT2D eigenvalue weighted by Gasteiger charge is 2.76. The van der Waals surface area contributed by atoms with Crippen LogP contribution in [-0.2, 0) is 14.9 Å². The molecule has 5 aliphatic rings. The van der Waals surface area contributed by atoms with Gasteiger partial charge in [0.1, 0.15) is 6.10 Å². The Morgan fingerprint density at radius 1 is 1.25 bits per heavy atom. The normalized spacial score (nSPS) is 37.9. The number of rotatable bonds is 5. The van der Waals surface area contributed by atoms with Gasteiger partial charge in [-0.2, -0.15) is 0 Å². The Kier molecular flexibility index (Phi) is 4.17. The number of hydrogen-bond acceptors (Lipinski definition) is 4. The maximum absolute atomic E-state index is 14.1. The lowest BCUT2D eigenvalue weighted by Gasteiger charge is -2.66. The van der Waals surface area contributed by atoms with Gasteiger partial charge in [0.15, 0.2) is 11.5 Å². The van der Waals surface area contributed by atoms with Crippen molar-refractivity contribution in [1.29, 1.82) is 0 Å². The van der Waals surface area contributed by atoms with Gasteiger partial charge in [-0.1, -0.05) is 19.1 Å². The maximum Gasteiger partial charge on any atom is 0.230 e. The molecule has 6 rings (SSSR count). The molecule has 0 radical (unpaired) electrons. The second kappa shape index (κ2) is 6.38. The minimum Gasteiger partial charge on any atom is -0.493 e. The predicted molar refractivity (Wildman–Crippen MR) is 106 cm³/mol. The van der Waals surface area contributed by atoms with E-state index in [0.29, 0.717) is 18.4 Å². The number of hydrogen-bond donors (Lipinski definition) is 0.